The van der Waals surface area contributed by atoms with Crippen molar-refractivity contribution in [3.8, 4) is 44.5 Å². The monoisotopic (exact) mass is 640 g/mol. The Bertz CT molecular complexity index is 2700. The molecule has 0 unspecified atom stereocenters. The number of rotatable bonds is 3. The molecule has 1 aliphatic rings. The van der Waals surface area contributed by atoms with Crippen LogP contribution in [-0.2, 0) is 0 Å². The zero-order valence-electron chi connectivity index (χ0n) is 27.2. The molecule has 0 saturated heterocycles. The molecular weight excluding hydrogens is 609 g/mol. The zero-order valence-corrected chi connectivity index (χ0v) is 28.0. The molecule has 0 fully saturated rings. The van der Waals surface area contributed by atoms with E-state index in [2.05, 4.69) is 177 Å². The standard InChI is InChI=1S/C48H32S/c1-30-43-28-32-16-5-6-17-33(32)29-44(43)48-42(24-13-25-45(48)49-30)47-39-22-11-9-20-37(39)46(38-21-10-12-23-40(38)47)41-27-26-34(31-14-3-2-4-15-31)35-18-7-8-19-36(35)41/h2-30H,1H3/t30-/m1/s1. The molecular formula is C48H32S. The SMILES string of the molecule is C[C@H]1Sc2cccc(-c3c4ccccc4c(-c4ccc(-c5ccccc5)c5ccccc45)c4ccccc34)c2-c2cc3ccccc3cc21. The van der Waals surface area contributed by atoms with Gasteiger partial charge in [0.15, 0.2) is 0 Å². The molecule has 0 bridgehead atoms. The van der Waals surface area contributed by atoms with E-state index in [-0.39, 0.29) is 0 Å². The van der Waals surface area contributed by atoms with E-state index in [1.807, 2.05) is 11.8 Å². The maximum atomic E-state index is 2.43. The van der Waals surface area contributed by atoms with Gasteiger partial charge in [0.25, 0.3) is 0 Å². The van der Waals surface area contributed by atoms with Gasteiger partial charge >= 0.3 is 0 Å². The Morgan fingerprint density at radius 2 is 0.878 bits per heavy atom. The summed E-state index contributed by atoms with van der Waals surface area (Å²) in [4.78, 5) is 1.35. The van der Waals surface area contributed by atoms with Gasteiger partial charge < -0.3 is 0 Å². The fraction of sp³-hybridized carbons (Fsp3) is 0.0417. The van der Waals surface area contributed by atoms with Gasteiger partial charge in [-0.15, -0.1) is 11.8 Å². The summed E-state index contributed by atoms with van der Waals surface area (Å²) in [6, 6.07) is 63.0. The minimum Gasteiger partial charge on any atom is -0.118 e. The van der Waals surface area contributed by atoms with Crippen LogP contribution < -0.4 is 0 Å². The summed E-state index contributed by atoms with van der Waals surface area (Å²) in [5.74, 6) is 0. The summed E-state index contributed by atoms with van der Waals surface area (Å²) >= 11 is 1.98. The van der Waals surface area contributed by atoms with E-state index in [9.17, 15) is 0 Å². The first kappa shape index (κ1) is 28.4. The van der Waals surface area contributed by atoms with Crippen molar-refractivity contribution in [2.24, 2.45) is 0 Å². The molecule has 9 aromatic rings. The van der Waals surface area contributed by atoms with Gasteiger partial charge in [-0.3, -0.25) is 0 Å². The van der Waals surface area contributed by atoms with E-state index in [4.69, 9.17) is 0 Å². The summed E-state index contributed by atoms with van der Waals surface area (Å²) in [7, 11) is 0. The van der Waals surface area contributed by atoms with E-state index in [0.717, 1.165) is 0 Å². The van der Waals surface area contributed by atoms with Crippen molar-refractivity contribution in [2.75, 3.05) is 0 Å². The highest BCUT2D eigenvalue weighted by atomic mass is 32.2. The number of thioether (sulfide) groups is 1. The normalized spacial score (nSPS) is 13.9. The average molecular weight is 641 g/mol. The maximum absolute atomic E-state index is 2.43. The van der Waals surface area contributed by atoms with Crippen LogP contribution in [-0.4, -0.2) is 0 Å². The molecule has 0 amide bonds. The molecule has 49 heavy (non-hydrogen) atoms. The second-order valence-electron chi connectivity index (χ2n) is 13.1. The van der Waals surface area contributed by atoms with Crippen molar-refractivity contribution in [3.63, 3.8) is 0 Å². The lowest BCUT2D eigenvalue weighted by Gasteiger charge is -2.28. The van der Waals surface area contributed by atoms with Crippen LogP contribution in [0.4, 0.5) is 0 Å². The Kier molecular flexibility index (Phi) is 6.50. The lowest BCUT2D eigenvalue weighted by atomic mass is 9.81. The van der Waals surface area contributed by atoms with Crippen molar-refractivity contribution in [3.05, 3.63) is 175 Å². The fourth-order valence-electron chi connectivity index (χ4n) is 8.28. The first-order chi connectivity index (χ1) is 24.2. The van der Waals surface area contributed by atoms with Gasteiger partial charge in [-0.05, 0) is 113 Å². The van der Waals surface area contributed by atoms with E-state index in [1.54, 1.807) is 0 Å². The number of benzene rings is 9. The van der Waals surface area contributed by atoms with Gasteiger partial charge in [-0.1, -0.05) is 152 Å². The smallest absolute Gasteiger partial charge is 0.0322 e. The molecule has 0 radical (unpaired) electrons. The highest BCUT2D eigenvalue weighted by Crippen LogP contribution is 2.55. The summed E-state index contributed by atoms with van der Waals surface area (Å²) < 4.78 is 0. The number of fused-ring (bicyclic) bond motifs is 7. The number of hydrogen-bond donors (Lipinski definition) is 0. The molecule has 1 aliphatic heterocycles. The Morgan fingerprint density at radius 3 is 1.53 bits per heavy atom. The molecule has 1 atom stereocenters. The molecule has 10 rings (SSSR count). The summed E-state index contributed by atoms with van der Waals surface area (Å²) in [5, 5.41) is 10.6. The molecule has 0 aliphatic carbocycles. The molecule has 0 spiro atoms. The van der Waals surface area contributed by atoms with Crippen molar-refractivity contribution in [2.45, 2.75) is 17.1 Å². The van der Waals surface area contributed by atoms with Crippen LogP contribution in [0.15, 0.2) is 175 Å². The molecule has 0 aromatic heterocycles. The molecule has 1 heteroatoms. The number of hydrogen-bond acceptors (Lipinski definition) is 1. The minimum atomic E-state index is 0.380. The third-order valence-electron chi connectivity index (χ3n) is 10.4. The van der Waals surface area contributed by atoms with Crippen LogP contribution in [0, 0.1) is 0 Å². The van der Waals surface area contributed by atoms with Crippen molar-refractivity contribution in [1.29, 1.82) is 0 Å². The van der Waals surface area contributed by atoms with Crippen LogP contribution in [0.25, 0.3) is 87.6 Å². The van der Waals surface area contributed by atoms with Crippen LogP contribution in [0.1, 0.15) is 17.7 Å². The molecule has 230 valence electrons. The fourth-order valence-corrected chi connectivity index (χ4v) is 9.47. The third kappa shape index (κ3) is 4.39. The van der Waals surface area contributed by atoms with E-state index in [1.165, 1.54) is 98.1 Å². The third-order valence-corrected chi connectivity index (χ3v) is 11.6. The van der Waals surface area contributed by atoms with Gasteiger partial charge in [-0.2, -0.15) is 0 Å². The van der Waals surface area contributed by atoms with Crippen molar-refractivity contribution in [1.82, 2.24) is 0 Å². The molecule has 0 N–H and O–H groups in total. The quantitative estimate of drug-likeness (QED) is 0.173. The van der Waals surface area contributed by atoms with Gasteiger partial charge in [0.1, 0.15) is 0 Å². The van der Waals surface area contributed by atoms with Gasteiger partial charge in [-0.25, -0.2) is 0 Å². The van der Waals surface area contributed by atoms with E-state index >= 15 is 0 Å². The molecule has 0 saturated carbocycles. The Labute approximate surface area is 290 Å². The first-order valence-electron chi connectivity index (χ1n) is 17.1. The Hall–Kier alpha value is -5.63. The second kappa shape index (κ2) is 11.2. The molecule has 9 aromatic carbocycles. The maximum Gasteiger partial charge on any atom is 0.0322 e. The van der Waals surface area contributed by atoms with Gasteiger partial charge in [0.2, 0.25) is 0 Å². The average Bonchev–Trinajstić information content (AvgIpc) is 3.16. The molecule has 1 heterocycles. The Balaban J connectivity index is 1.30. The van der Waals surface area contributed by atoms with Crippen LogP contribution in [0.3, 0.4) is 0 Å². The van der Waals surface area contributed by atoms with Crippen LogP contribution in [0.2, 0.25) is 0 Å². The summed E-state index contributed by atoms with van der Waals surface area (Å²) in [6.45, 7) is 2.35. The predicted octanol–water partition coefficient (Wildman–Crippen LogP) is 14.1. The van der Waals surface area contributed by atoms with E-state index in [0.29, 0.717) is 5.25 Å². The minimum absolute atomic E-state index is 0.380. The van der Waals surface area contributed by atoms with Crippen LogP contribution >= 0.6 is 11.8 Å². The van der Waals surface area contributed by atoms with Gasteiger partial charge in [0, 0.05) is 15.7 Å². The molecule has 0 nitrogen and oxygen atoms in total. The van der Waals surface area contributed by atoms with Crippen LogP contribution in [0.5, 0.6) is 0 Å². The summed E-state index contributed by atoms with van der Waals surface area (Å²) in [5.41, 5.74) is 11.8. The lowest BCUT2D eigenvalue weighted by Crippen LogP contribution is -2.03. The highest BCUT2D eigenvalue weighted by Gasteiger charge is 2.28. The van der Waals surface area contributed by atoms with Crippen molar-refractivity contribution < 1.29 is 0 Å². The van der Waals surface area contributed by atoms with Gasteiger partial charge in [0.05, 0.1) is 0 Å². The highest BCUT2D eigenvalue weighted by molar-refractivity contribution is 7.99. The predicted molar refractivity (Wildman–Crippen MR) is 212 cm³/mol. The van der Waals surface area contributed by atoms with E-state index < -0.39 is 0 Å². The largest absolute Gasteiger partial charge is 0.118 e. The van der Waals surface area contributed by atoms with Crippen molar-refractivity contribution >= 4 is 54.9 Å². The zero-order chi connectivity index (χ0) is 32.5. The second-order valence-corrected chi connectivity index (χ2v) is 14.5. The Morgan fingerprint density at radius 1 is 0.367 bits per heavy atom. The summed E-state index contributed by atoms with van der Waals surface area (Å²) in [6.07, 6.45) is 0. The first-order valence-corrected chi connectivity index (χ1v) is 18.0. The topological polar surface area (TPSA) is 0 Å². The lowest BCUT2D eigenvalue weighted by molar-refractivity contribution is 1.09.